The second-order valence-corrected chi connectivity index (χ2v) is 10.5. The highest BCUT2D eigenvalue weighted by molar-refractivity contribution is 6.35. The van der Waals surface area contributed by atoms with Crippen molar-refractivity contribution < 1.29 is 0 Å². The SMILES string of the molecule is c1ccc(-c2nccc(-n3c4ccccc4c4c5cccnc5c5c6ccccc6n(-c6ccccc6)c5c43)n2)cc1. The van der Waals surface area contributed by atoms with E-state index in [2.05, 4.69) is 111 Å². The lowest BCUT2D eigenvalue weighted by atomic mass is 10.0. The molecule has 0 aliphatic rings. The van der Waals surface area contributed by atoms with Crippen molar-refractivity contribution in [2.24, 2.45) is 0 Å². The van der Waals surface area contributed by atoms with Crippen LogP contribution in [0.15, 0.2) is 140 Å². The lowest BCUT2D eigenvalue weighted by Gasteiger charge is -2.13. The number of rotatable bonds is 3. The molecule has 0 saturated carbocycles. The van der Waals surface area contributed by atoms with E-state index in [4.69, 9.17) is 9.97 Å². The summed E-state index contributed by atoms with van der Waals surface area (Å²) in [5.74, 6) is 1.52. The Morgan fingerprint density at radius 3 is 1.86 bits per heavy atom. The molecule has 9 aromatic rings. The van der Waals surface area contributed by atoms with Gasteiger partial charge in [-0.25, -0.2) is 9.97 Å². The van der Waals surface area contributed by atoms with Crippen LogP contribution in [0, 0.1) is 0 Å². The molecule has 0 radical (unpaired) electrons. The molecule has 0 spiro atoms. The summed E-state index contributed by atoms with van der Waals surface area (Å²) in [6.07, 6.45) is 3.76. The molecule has 0 amide bonds. The van der Waals surface area contributed by atoms with Gasteiger partial charge < -0.3 is 4.57 Å². The maximum Gasteiger partial charge on any atom is 0.161 e. The molecule has 0 bridgehead atoms. The zero-order chi connectivity index (χ0) is 27.6. The van der Waals surface area contributed by atoms with Gasteiger partial charge in [0.25, 0.3) is 0 Å². The van der Waals surface area contributed by atoms with E-state index in [9.17, 15) is 0 Å². The van der Waals surface area contributed by atoms with E-state index in [1.165, 1.54) is 10.8 Å². The summed E-state index contributed by atoms with van der Waals surface area (Å²) in [7, 11) is 0. The van der Waals surface area contributed by atoms with E-state index in [1.807, 2.05) is 42.7 Å². The molecule has 4 aromatic heterocycles. The molecule has 5 heteroatoms. The Hall–Kier alpha value is -5.81. The van der Waals surface area contributed by atoms with Gasteiger partial charge in [-0.15, -0.1) is 0 Å². The number of hydrogen-bond acceptors (Lipinski definition) is 3. The van der Waals surface area contributed by atoms with E-state index < -0.39 is 0 Å². The molecule has 9 rings (SSSR count). The molecule has 0 aliphatic carbocycles. The number of hydrogen-bond donors (Lipinski definition) is 0. The molecule has 0 saturated heterocycles. The summed E-state index contributed by atoms with van der Waals surface area (Å²) >= 11 is 0. The van der Waals surface area contributed by atoms with Gasteiger partial charge in [0, 0.05) is 50.6 Å². The summed E-state index contributed by atoms with van der Waals surface area (Å²) in [5.41, 5.74) is 7.53. The summed E-state index contributed by atoms with van der Waals surface area (Å²) in [6, 6.07) is 44.2. The van der Waals surface area contributed by atoms with E-state index in [-0.39, 0.29) is 0 Å². The van der Waals surface area contributed by atoms with Gasteiger partial charge in [-0.3, -0.25) is 9.55 Å². The maximum absolute atomic E-state index is 5.16. The van der Waals surface area contributed by atoms with Gasteiger partial charge in [-0.1, -0.05) is 91.0 Å². The largest absolute Gasteiger partial charge is 0.307 e. The van der Waals surface area contributed by atoms with Crippen molar-refractivity contribution in [3.63, 3.8) is 0 Å². The Bertz CT molecular complexity index is 2450. The van der Waals surface area contributed by atoms with Crippen LogP contribution in [0.2, 0.25) is 0 Å². The minimum atomic E-state index is 0.696. The Kier molecular flexibility index (Phi) is 4.83. The number of aromatic nitrogens is 5. The minimum Gasteiger partial charge on any atom is -0.307 e. The first-order chi connectivity index (χ1) is 20.9. The summed E-state index contributed by atoms with van der Waals surface area (Å²) in [5, 5.41) is 5.77. The number of para-hydroxylation sites is 3. The van der Waals surface area contributed by atoms with Crippen molar-refractivity contribution in [3.8, 4) is 22.9 Å². The highest BCUT2D eigenvalue weighted by Gasteiger charge is 2.25. The van der Waals surface area contributed by atoms with Crippen LogP contribution in [0.5, 0.6) is 0 Å². The summed E-state index contributed by atoms with van der Waals surface area (Å²) < 4.78 is 4.70. The fourth-order valence-electron chi connectivity index (χ4n) is 6.53. The van der Waals surface area contributed by atoms with Crippen LogP contribution in [0.3, 0.4) is 0 Å². The maximum atomic E-state index is 5.16. The molecule has 5 nitrogen and oxygen atoms in total. The van der Waals surface area contributed by atoms with Crippen molar-refractivity contribution in [2.75, 3.05) is 0 Å². The second kappa shape index (κ2) is 8.85. The van der Waals surface area contributed by atoms with Gasteiger partial charge in [0.2, 0.25) is 0 Å². The number of pyridine rings is 1. The van der Waals surface area contributed by atoms with Crippen LogP contribution in [0.4, 0.5) is 0 Å². The molecule has 4 heterocycles. The van der Waals surface area contributed by atoms with E-state index in [0.29, 0.717) is 5.82 Å². The van der Waals surface area contributed by atoms with E-state index >= 15 is 0 Å². The van der Waals surface area contributed by atoms with Crippen molar-refractivity contribution in [3.05, 3.63) is 140 Å². The fourth-order valence-corrected chi connectivity index (χ4v) is 6.53. The number of fused-ring (bicyclic) bond motifs is 10. The Labute approximate surface area is 241 Å². The fraction of sp³-hybridized carbons (Fsp3) is 0. The van der Waals surface area contributed by atoms with Gasteiger partial charge in [0.05, 0.1) is 27.6 Å². The van der Waals surface area contributed by atoms with Crippen molar-refractivity contribution in [1.82, 2.24) is 24.1 Å². The average Bonchev–Trinajstić information content (AvgIpc) is 3.60. The third kappa shape index (κ3) is 3.16. The Morgan fingerprint density at radius 2 is 1.07 bits per heavy atom. The first-order valence-corrected chi connectivity index (χ1v) is 14.1. The molecule has 0 aliphatic heterocycles. The van der Waals surface area contributed by atoms with Crippen molar-refractivity contribution >= 4 is 54.5 Å². The van der Waals surface area contributed by atoms with E-state index in [1.54, 1.807) is 0 Å². The predicted octanol–water partition coefficient (Wildman–Crippen LogP) is 8.89. The topological polar surface area (TPSA) is 48.5 Å². The van der Waals surface area contributed by atoms with E-state index in [0.717, 1.165) is 60.8 Å². The molecule has 0 fully saturated rings. The zero-order valence-electron chi connectivity index (χ0n) is 22.5. The van der Waals surface area contributed by atoms with Crippen LogP contribution in [0.25, 0.3) is 77.4 Å². The standard InChI is InChI=1S/C37H23N5/c1-3-12-24(13-4-1)37-39-23-21-31(40-37)42-30-20-10-7-16-26(30)32-28-18-11-22-38-34(28)33-27-17-8-9-19-29(27)41(36(33)35(32)42)25-14-5-2-6-15-25/h1-23H. The lowest BCUT2D eigenvalue weighted by molar-refractivity contribution is 1.04. The molecular formula is C37H23N5. The minimum absolute atomic E-state index is 0.696. The molecule has 196 valence electrons. The van der Waals surface area contributed by atoms with Crippen LogP contribution < -0.4 is 0 Å². The normalized spacial score (nSPS) is 11.8. The Balaban J connectivity index is 1.57. The van der Waals surface area contributed by atoms with Gasteiger partial charge in [-0.05, 0) is 36.4 Å². The number of nitrogens with zero attached hydrogens (tertiary/aromatic N) is 5. The molecule has 5 aromatic carbocycles. The van der Waals surface area contributed by atoms with Gasteiger partial charge >= 0.3 is 0 Å². The average molecular weight is 538 g/mol. The lowest BCUT2D eigenvalue weighted by Crippen LogP contribution is -2.02. The highest BCUT2D eigenvalue weighted by Crippen LogP contribution is 2.45. The van der Waals surface area contributed by atoms with Gasteiger partial charge in [-0.2, -0.15) is 0 Å². The summed E-state index contributed by atoms with van der Waals surface area (Å²) in [6.45, 7) is 0. The molecule has 0 unspecified atom stereocenters. The highest BCUT2D eigenvalue weighted by atomic mass is 15.1. The number of benzene rings is 5. The van der Waals surface area contributed by atoms with Crippen molar-refractivity contribution in [2.45, 2.75) is 0 Å². The molecular weight excluding hydrogens is 514 g/mol. The van der Waals surface area contributed by atoms with Crippen LogP contribution in [-0.2, 0) is 0 Å². The first kappa shape index (κ1) is 22.9. The summed E-state index contributed by atoms with van der Waals surface area (Å²) in [4.78, 5) is 14.8. The monoisotopic (exact) mass is 537 g/mol. The van der Waals surface area contributed by atoms with Crippen molar-refractivity contribution in [1.29, 1.82) is 0 Å². The molecule has 0 N–H and O–H groups in total. The smallest absolute Gasteiger partial charge is 0.161 e. The van der Waals surface area contributed by atoms with Gasteiger partial charge in [0.1, 0.15) is 5.82 Å². The third-order valence-corrected chi connectivity index (χ3v) is 8.20. The van der Waals surface area contributed by atoms with Crippen LogP contribution >= 0.6 is 0 Å². The molecule has 42 heavy (non-hydrogen) atoms. The predicted molar refractivity (Wildman–Crippen MR) is 171 cm³/mol. The quantitative estimate of drug-likeness (QED) is 0.226. The Morgan fingerprint density at radius 1 is 0.452 bits per heavy atom. The van der Waals surface area contributed by atoms with Crippen LogP contribution in [-0.4, -0.2) is 24.1 Å². The molecule has 0 atom stereocenters. The first-order valence-electron chi connectivity index (χ1n) is 14.1. The third-order valence-electron chi connectivity index (χ3n) is 8.20. The zero-order valence-corrected chi connectivity index (χ0v) is 22.5. The van der Waals surface area contributed by atoms with Gasteiger partial charge in [0.15, 0.2) is 5.82 Å². The van der Waals surface area contributed by atoms with Crippen LogP contribution in [0.1, 0.15) is 0 Å². The second-order valence-electron chi connectivity index (χ2n) is 10.5.